The number of azo groups is 3. The summed E-state index contributed by atoms with van der Waals surface area (Å²) in [5, 5.41) is 40.2. The second kappa shape index (κ2) is 20.0. The molecule has 0 atom stereocenters. The fourth-order valence-electron chi connectivity index (χ4n) is 8.03. The Morgan fingerprint density at radius 3 is 1.60 bits per heavy atom. The molecule has 9 aromatic carbocycles. The van der Waals surface area contributed by atoms with Crippen molar-refractivity contribution in [1.29, 1.82) is 0 Å². The van der Waals surface area contributed by atoms with E-state index in [1.807, 2.05) is 6.07 Å². The number of fused-ring (bicyclic) bond motifs is 4. The van der Waals surface area contributed by atoms with Gasteiger partial charge in [0.15, 0.2) is 5.75 Å². The van der Waals surface area contributed by atoms with E-state index in [0.717, 1.165) is 42.5 Å². The molecular formula is C48H35N7O17S5. The van der Waals surface area contributed by atoms with E-state index in [0.29, 0.717) is 17.4 Å². The molecule has 0 saturated heterocycles. The third-order valence-electron chi connectivity index (χ3n) is 11.5. The first-order valence-electron chi connectivity index (χ1n) is 21.8. The molecule has 0 aliphatic heterocycles. The number of para-hydroxylation sites is 1. The number of phenolic OH excluding ortho intramolecular Hbond substituents is 1. The highest BCUT2D eigenvalue weighted by atomic mass is 32.2. The summed E-state index contributed by atoms with van der Waals surface area (Å²) >= 11 is 0. The predicted molar refractivity (Wildman–Crippen MR) is 280 cm³/mol. The van der Waals surface area contributed by atoms with E-state index >= 15 is 0 Å². The van der Waals surface area contributed by atoms with Crippen molar-refractivity contribution in [2.75, 3.05) is 11.9 Å². The minimum absolute atomic E-state index is 0.00193. The van der Waals surface area contributed by atoms with Gasteiger partial charge in [-0.3, -0.25) is 22.8 Å². The molecule has 29 heteroatoms. The first kappa shape index (κ1) is 53.6. The van der Waals surface area contributed by atoms with E-state index in [1.165, 1.54) is 54.6 Å². The Balaban J connectivity index is 1.15. The maximum Gasteiger partial charge on any atom is 0.296 e. The fourth-order valence-corrected chi connectivity index (χ4v) is 11.0. The van der Waals surface area contributed by atoms with Gasteiger partial charge < -0.3 is 15.2 Å². The van der Waals surface area contributed by atoms with Crippen LogP contribution in [0, 0.1) is 0 Å². The summed E-state index contributed by atoms with van der Waals surface area (Å²) in [6.07, 6.45) is 0. The van der Waals surface area contributed by atoms with Crippen LogP contribution in [-0.4, -0.2) is 76.6 Å². The minimum atomic E-state index is -5.09. The van der Waals surface area contributed by atoms with Gasteiger partial charge in [0.05, 0.1) is 44.0 Å². The van der Waals surface area contributed by atoms with Crippen LogP contribution in [0.4, 0.5) is 45.5 Å². The first-order valence-corrected chi connectivity index (χ1v) is 29.0. The highest BCUT2D eigenvalue weighted by molar-refractivity contribution is 7.87. The monoisotopic (exact) mass is 1140 g/mol. The van der Waals surface area contributed by atoms with Crippen LogP contribution in [-0.2, 0) is 50.6 Å². The number of nitrogens with one attached hydrogen (secondary N) is 1. The average molecular weight is 1140 g/mol. The molecule has 0 heterocycles. The fraction of sp³-hybridized carbons (Fsp3) is 0.0417. The molecule has 0 aliphatic carbocycles. The summed E-state index contributed by atoms with van der Waals surface area (Å²) in [6.45, 7) is 1.62. The van der Waals surface area contributed by atoms with Gasteiger partial charge in [-0.15, -0.1) is 25.6 Å². The quantitative estimate of drug-likeness (QED) is 0.0370. The molecule has 0 radical (unpaired) electrons. The molecule has 0 bridgehead atoms. The van der Waals surface area contributed by atoms with Crippen LogP contribution in [0.25, 0.3) is 43.1 Å². The number of aromatic hydroxyl groups is 1. The van der Waals surface area contributed by atoms with Gasteiger partial charge in [0, 0.05) is 49.8 Å². The van der Waals surface area contributed by atoms with Crippen LogP contribution in [0.3, 0.4) is 0 Å². The second-order valence-electron chi connectivity index (χ2n) is 16.5. The van der Waals surface area contributed by atoms with E-state index in [2.05, 4.69) is 36.0 Å². The maximum absolute atomic E-state index is 12.8. The summed E-state index contributed by atoms with van der Waals surface area (Å²) in [5.74, 6) is -0.715. The molecule has 0 aliphatic rings. The molecule has 77 heavy (non-hydrogen) atoms. The largest absolute Gasteiger partial charge is 0.505 e. The minimum Gasteiger partial charge on any atom is -0.505 e. The van der Waals surface area contributed by atoms with E-state index in [9.17, 15) is 70.0 Å². The summed E-state index contributed by atoms with van der Waals surface area (Å²) in [7, 11) is -24.8. The molecule has 24 nitrogen and oxygen atoms in total. The third-order valence-corrected chi connectivity index (χ3v) is 15.8. The van der Waals surface area contributed by atoms with Crippen molar-refractivity contribution in [3.05, 3.63) is 140 Å². The number of rotatable bonds is 15. The van der Waals surface area contributed by atoms with E-state index in [4.69, 9.17) is 4.74 Å². The van der Waals surface area contributed by atoms with Gasteiger partial charge in [-0.1, -0.05) is 36.4 Å². The molecule has 0 aromatic heterocycles. The summed E-state index contributed by atoms with van der Waals surface area (Å²) in [5.41, 5.74) is 0.142. The van der Waals surface area contributed by atoms with Crippen molar-refractivity contribution in [1.82, 2.24) is 0 Å². The van der Waals surface area contributed by atoms with E-state index in [1.54, 1.807) is 37.3 Å². The predicted octanol–water partition coefficient (Wildman–Crippen LogP) is 11.6. The van der Waals surface area contributed by atoms with Crippen molar-refractivity contribution in [3.8, 4) is 11.5 Å². The number of hydrogen-bond donors (Lipinski definition) is 7. The van der Waals surface area contributed by atoms with Crippen LogP contribution in [0.1, 0.15) is 6.92 Å². The Morgan fingerprint density at radius 1 is 0.416 bits per heavy atom. The highest BCUT2D eigenvalue weighted by Gasteiger charge is 2.25. The first-order chi connectivity index (χ1) is 36.2. The molecule has 0 fully saturated rings. The number of ether oxygens (including phenoxy) is 1. The Bertz CT molecular complexity index is 4660. The Morgan fingerprint density at radius 2 is 0.987 bits per heavy atom. The molecule has 9 rings (SSSR count). The number of nitrogens with zero attached hydrogens (tertiary/aromatic N) is 6. The van der Waals surface area contributed by atoms with Gasteiger partial charge in [0.1, 0.15) is 26.9 Å². The topological polar surface area (TPSA) is 388 Å². The Labute approximate surface area is 436 Å². The molecule has 9 aromatic rings. The summed E-state index contributed by atoms with van der Waals surface area (Å²) in [4.78, 5) is -3.74. The zero-order valence-corrected chi connectivity index (χ0v) is 43.0. The normalized spacial score (nSPS) is 13.0. The van der Waals surface area contributed by atoms with Crippen molar-refractivity contribution in [2.45, 2.75) is 31.4 Å². The van der Waals surface area contributed by atoms with Crippen molar-refractivity contribution in [3.63, 3.8) is 0 Å². The van der Waals surface area contributed by atoms with Gasteiger partial charge in [-0.25, -0.2) is 0 Å². The summed E-state index contributed by atoms with van der Waals surface area (Å²) in [6, 6.07) is 30.4. The Hall–Kier alpha value is -8.23. The zero-order valence-electron chi connectivity index (χ0n) is 38.9. The lowest BCUT2D eigenvalue weighted by atomic mass is 10.1. The molecule has 0 amide bonds. The third kappa shape index (κ3) is 11.3. The van der Waals surface area contributed by atoms with Gasteiger partial charge in [0.2, 0.25) is 0 Å². The van der Waals surface area contributed by atoms with E-state index < -0.39 is 86.5 Å². The van der Waals surface area contributed by atoms with Crippen LogP contribution in [0.5, 0.6) is 11.5 Å². The maximum atomic E-state index is 12.8. The number of hydrogen-bond acceptors (Lipinski definition) is 19. The van der Waals surface area contributed by atoms with Crippen LogP contribution in [0.15, 0.2) is 195 Å². The van der Waals surface area contributed by atoms with E-state index in [-0.39, 0.29) is 83.9 Å². The zero-order chi connectivity index (χ0) is 55.4. The second-order valence-corrected chi connectivity index (χ2v) is 23.5. The smallest absolute Gasteiger partial charge is 0.296 e. The van der Waals surface area contributed by atoms with Crippen molar-refractivity contribution < 1.29 is 74.7 Å². The number of benzene rings is 9. The lowest BCUT2D eigenvalue weighted by molar-refractivity contribution is 0.342. The van der Waals surface area contributed by atoms with Gasteiger partial charge in [-0.05, 0) is 115 Å². The van der Waals surface area contributed by atoms with Crippen LogP contribution < -0.4 is 10.1 Å². The summed E-state index contributed by atoms with van der Waals surface area (Å²) < 4.78 is 179. The number of phenols is 1. The average Bonchev–Trinajstić information content (AvgIpc) is 3.36. The highest BCUT2D eigenvalue weighted by Crippen LogP contribution is 2.47. The molecule has 0 spiro atoms. The lowest BCUT2D eigenvalue weighted by Crippen LogP contribution is -2.04. The molecule has 7 N–H and O–H groups in total. The number of anilines is 2. The van der Waals surface area contributed by atoms with Gasteiger partial charge in [-0.2, -0.15) is 47.2 Å². The van der Waals surface area contributed by atoms with Crippen LogP contribution >= 0.6 is 0 Å². The van der Waals surface area contributed by atoms with Crippen molar-refractivity contribution in [2.24, 2.45) is 30.7 Å². The molecular weight excluding hydrogens is 1110 g/mol. The molecule has 394 valence electrons. The van der Waals surface area contributed by atoms with Gasteiger partial charge in [0.25, 0.3) is 50.6 Å². The van der Waals surface area contributed by atoms with Gasteiger partial charge >= 0.3 is 0 Å². The van der Waals surface area contributed by atoms with Crippen molar-refractivity contribution >= 4 is 139 Å². The SMILES string of the molecule is CCOc1cc(N=Nc2ccc3cc(S(=O)(=O)O)cc(S(=O)(=O)O)c3c2)c2cc(S(=O)(=O)O)ccc2c1N=Nc1ccc(N=Nc2c(S(=O)(=O)O)cc3cc(Nc4ccccc4)ccc3c2O)c2cc(S(=O)(=O)O)ccc12. The standard InChI is InChI=1S/C48H35N7O17S5/c1-2-72-43-25-42(53-50-30-9-8-26-19-33(75(63,64)65)24-44(37(26)21-30)76(66,67)68)39-23-32(74(60,61)62)12-15-36(39)46(43)54-51-40-16-17-41(38-22-31(73(57,58)59)11-14-35(38)40)52-55-47-45(77(69,70)71)20-27-18-29(10-13-34(27)48(47)56)49-28-6-4-3-5-7-28/h3-25,49,56H,2H2,1H3,(H,57,58,59)(H,60,61,62)(H,63,64,65)(H,66,67,68)(H,69,70,71). The lowest BCUT2D eigenvalue weighted by Gasteiger charge is -2.13. The molecule has 0 saturated carbocycles. The Kier molecular flexibility index (Phi) is 14.0. The van der Waals surface area contributed by atoms with Crippen LogP contribution in [0.2, 0.25) is 0 Å². The molecule has 0 unspecified atom stereocenters.